The third-order valence-corrected chi connectivity index (χ3v) is 4.78. The molecule has 0 unspecified atom stereocenters. The van der Waals surface area contributed by atoms with Gasteiger partial charge in [0.1, 0.15) is 0 Å². The highest BCUT2D eigenvalue weighted by atomic mass is 16.5. The predicted octanol–water partition coefficient (Wildman–Crippen LogP) is 1.69. The molecule has 1 aromatic rings. The first-order chi connectivity index (χ1) is 12.0. The van der Waals surface area contributed by atoms with E-state index in [4.69, 9.17) is 18.9 Å². The molecule has 0 bridgehead atoms. The van der Waals surface area contributed by atoms with Crippen molar-refractivity contribution in [1.29, 1.82) is 0 Å². The van der Waals surface area contributed by atoms with Gasteiger partial charge in [-0.05, 0) is 25.9 Å². The van der Waals surface area contributed by atoms with Crippen molar-refractivity contribution in [3.05, 3.63) is 12.1 Å². The molecule has 0 spiro atoms. The molecule has 1 aliphatic rings. The maximum atomic E-state index is 13.3. The normalized spacial score (nSPS) is 16.2. The van der Waals surface area contributed by atoms with Crippen molar-refractivity contribution in [2.24, 2.45) is 5.41 Å². The lowest BCUT2D eigenvalue weighted by Crippen LogP contribution is -2.50. The summed E-state index contributed by atoms with van der Waals surface area (Å²) in [7, 11) is 8.07. The minimum absolute atomic E-state index is 0.0325. The Hall–Kier alpha value is -1.99. The molecule has 1 N–H and O–H groups in total. The van der Waals surface area contributed by atoms with Crippen LogP contribution in [-0.2, 0) is 9.53 Å². The van der Waals surface area contributed by atoms with Crippen molar-refractivity contribution < 1.29 is 23.7 Å². The molecule has 1 amide bonds. The molecule has 7 heteroatoms. The third-order valence-electron chi connectivity index (χ3n) is 4.78. The number of ether oxygens (including phenoxy) is 4. The van der Waals surface area contributed by atoms with E-state index < -0.39 is 5.41 Å². The van der Waals surface area contributed by atoms with Gasteiger partial charge in [0.25, 0.3) is 0 Å². The highest BCUT2D eigenvalue weighted by Gasteiger charge is 2.42. The summed E-state index contributed by atoms with van der Waals surface area (Å²) in [6, 6.07) is 3.56. The summed E-state index contributed by atoms with van der Waals surface area (Å²) in [4.78, 5) is 14.9. The molecule has 140 valence electrons. The predicted molar refractivity (Wildman–Crippen MR) is 95.9 cm³/mol. The number of carbonyl (C=O) groups is 1. The summed E-state index contributed by atoms with van der Waals surface area (Å²) in [6.45, 7) is 2.01. The van der Waals surface area contributed by atoms with Gasteiger partial charge in [-0.15, -0.1) is 0 Å². The van der Waals surface area contributed by atoms with Crippen LogP contribution in [0.15, 0.2) is 12.1 Å². The standard InChI is InChI=1S/C18H28N2O5/c1-20(17(21)18(12-22-2)6-8-19-9-7-18)13-10-14(23-3)16(25-5)15(11-13)24-4/h10-11,19H,6-9,12H2,1-5H3. The van der Waals surface area contributed by atoms with Gasteiger partial charge in [-0.3, -0.25) is 4.79 Å². The minimum atomic E-state index is -0.519. The second-order valence-corrected chi connectivity index (χ2v) is 6.21. The van der Waals surface area contributed by atoms with Crippen LogP contribution in [0.5, 0.6) is 17.2 Å². The number of nitrogens with zero attached hydrogens (tertiary/aromatic N) is 1. The van der Waals surface area contributed by atoms with E-state index >= 15 is 0 Å². The number of hydrogen-bond acceptors (Lipinski definition) is 6. The highest BCUT2D eigenvalue weighted by Crippen LogP contribution is 2.42. The van der Waals surface area contributed by atoms with Crippen LogP contribution in [0.4, 0.5) is 5.69 Å². The molecule has 1 fully saturated rings. The molecule has 1 aromatic carbocycles. The van der Waals surface area contributed by atoms with Gasteiger partial charge in [-0.1, -0.05) is 0 Å². The van der Waals surface area contributed by atoms with E-state index in [0.717, 1.165) is 25.9 Å². The quantitative estimate of drug-likeness (QED) is 0.805. The molecule has 1 aliphatic heterocycles. The Morgan fingerprint density at radius 2 is 1.64 bits per heavy atom. The molecule has 0 atom stereocenters. The van der Waals surface area contributed by atoms with E-state index in [1.807, 2.05) is 0 Å². The number of anilines is 1. The Kier molecular flexibility index (Phi) is 6.50. The van der Waals surface area contributed by atoms with Crippen LogP contribution in [0.25, 0.3) is 0 Å². The number of piperidine rings is 1. The van der Waals surface area contributed by atoms with Gasteiger partial charge in [0.2, 0.25) is 11.7 Å². The summed E-state index contributed by atoms with van der Waals surface area (Å²) in [5, 5.41) is 3.30. The molecule has 2 rings (SSSR count). The average molecular weight is 352 g/mol. The molecule has 0 saturated carbocycles. The summed E-state index contributed by atoms with van der Waals surface area (Å²) >= 11 is 0. The molecular weight excluding hydrogens is 324 g/mol. The molecule has 1 saturated heterocycles. The maximum absolute atomic E-state index is 13.3. The van der Waals surface area contributed by atoms with E-state index in [1.54, 1.807) is 52.5 Å². The molecule has 0 aromatic heterocycles. The van der Waals surface area contributed by atoms with E-state index in [9.17, 15) is 4.79 Å². The second-order valence-electron chi connectivity index (χ2n) is 6.21. The zero-order chi connectivity index (χ0) is 18.4. The topological polar surface area (TPSA) is 69.3 Å². The Morgan fingerprint density at radius 1 is 1.08 bits per heavy atom. The van der Waals surface area contributed by atoms with Gasteiger partial charge in [-0.25, -0.2) is 0 Å². The van der Waals surface area contributed by atoms with Gasteiger partial charge in [0.15, 0.2) is 11.5 Å². The largest absolute Gasteiger partial charge is 0.493 e. The first-order valence-electron chi connectivity index (χ1n) is 8.31. The summed E-state index contributed by atoms with van der Waals surface area (Å²) in [5.74, 6) is 1.57. The van der Waals surface area contributed by atoms with Gasteiger partial charge in [0, 0.05) is 26.3 Å². The average Bonchev–Trinajstić information content (AvgIpc) is 2.66. The molecule has 0 aliphatic carbocycles. The van der Waals surface area contributed by atoms with Gasteiger partial charge in [0.05, 0.1) is 39.0 Å². The Balaban J connectivity index is 2.38. The maximum Gasteiger partial charge on any atom is 0.235 e. The summed E-state index contributed by atoms with van der Waals surface area (Å²) in [6.07, 6.45) is 1.49. The fourth-order valence-electron chi connectivity index (χ4n) is 3.34. The lowest BCUT2D eigenvalue weighted by atomic mass is 9.78. The van der Waals surface area contributed by atoms with Gasteiger partial charge >= 0.3 is 0 Å². The summed E-state index contributed by atoms with van der Waals surface area (Å²) in [5.41, 5.74) is 0.170. The first-order valence-corrected chi connectivity index (χ1v) is 8.31. The van der Waals surface area contributed by atoms with Crippen LogP contribution in [0, 0.1) is 5.41 Å². The molecule has 7 nitrogen and oxygen atoms in total. The van der Waals surface area contributed by atoms with E-state index in [2.05, 4.69) is 5.32 Å². The van der Waals surface area contributed by atoms with E-state index in [1.165, 1.54) is 0 Å². The lowest BCUT2D eigenvalue weighted by molar-refractivity contribution is -0.133. The van der Waals surface area contributed by atoms with Gasteiger partial charge in [-0.2, -0.15) is 0 Å². The van der Waals surface area contributed by atoms with Crippen molar-refractivity contribution in [3.63, 3.8) is 0 Å². The monoisotopic (exact) mass is 352 g/mol. The first kappa shape index (κ1) is 19.3. The Bertz CT molecular complexity index is 569. The number of nitrogens with one attached hydrogen (secondary N) is 1. The second kappa shape index (κ2) is 8.40. The SMILES string of the molecule is COCC1(C(=O)N(C)c2cc(OC)c(OC)c(OC)c2)CCNCC1. The van der Waals surface area contributed by atoms with Crippen LogP contribution in [-0.4, -0.2) is 61.1 Å². The zero-order valence-electron chi connectivity index (χ0n) is 15.7. The summed E-state index contributed by atoms with van der Waals surface area (Å²) < 4.78 is 21.5. The number of carbonyl (C=O) groups excluding carboxylic acids is 1. The Morgan fingerprint density at radius 3 is 2.08 bits per heavy atom. The van der Waals surface area contributed by atoms with Crippen molar-refractivity contribution in [1.82, 2.24) is 5.32 Å². The molecule has 0 radical (unpaired) electrons. The van der Waals surface area contributed by atoms with Crippen LogP contribution < -0.4 is 24.4 Å². The number of amides is 1. The molecule has 25 heavy (non-hydrogen) atoms. The Labute approximate surface area is 149 Å². The van der Waals surface area contributed by atoms with Crippen molar-refractivity contribution >= 4 is 11.6 Å². The fraction of sp³-hybridized carbons (Fsp3) is 0.611. The smallest absolute Gasteiger partial charge is 0.235 e. The highest BCUT2D eigenvalue weighted by molar-refractivity contribution is 5.98. The van der Waals surface area contributed by atoms with E-state index in [0.29, 0.717) is 29.5 Å². The van der Waals surface area contributed by atoms with Crippen LogP contribution in [0.1, 0.15) is 12.8 Å². The van der Waals surface area contributed by atoms with Crippen LogP contribution >= 0.6 is 0 Å². The number of hydrogen-bond donors (Lipinski definition) is 1. The minimum Gasteiger partial charge on any atom is -0.493 e. The van der Waals surface area contributed by atoms with E-state index in [-0.39, 0.29) is 5.91 Å². The number of methoxy groups -OCH3 is 4. The number of benzene rings is 1. The van der Waals surface area contributed by atoms with Crippen molar-refractivity contribution in [3.8, 4) is 17.2 Å². The van der Waals surface area contributed by atoms with Crippen molar-refractivity contribution in [2.45, 2.75) is 12.8 Å². The molecule has 1 heterocycles. The third kappa shape index (κ3) is 3.82. The zero-order valence-corrected chi connectivity index (χ0v) is 15.7. The van der Waals surface area contributed by atoms with Crippen LogP contribution in [0.3, 0.4) is 0 Å². The van der Waals surface area contributed by atoms with Crippen LogP contribution in [0.2, 0.25) is 0 Å². The van der Waals surface area contributed by atoms with Crippen molar-refractivity contribution in [2.75, 3.05) is 60.1 Å². The van der Waals surface area contributed by atoms with Gasteiger partial charge < -0.3 is 29.2 Å². The number of rotatable bonds is 7. The fourth-order valence-corrected chi connectivity index (χ4v) is 3.34. The lowest BCUT2D eigenvalue weighted by Gasteiger charge is -2.38. The molecular formula is C18H28N2O5.